The van der Waals surface area contributed by atoms with Crippen molar-refractivity contribution >= 4 is 10.2 Å². The average Bonchev–Trinajstić information content (AvgIpc) is 2.15. The predicted octanol–water partition coefficient (Wildman–Crippen LogP) is -0.0351. The third-order valence-corrected chi connectivity index (χ3v) is 4.17. The molecule has 0 aliphatic carbocycles. The van der Waals surface area contributed by atoms with Crippen molar-refractivity contribution in [1.82, 2.24) is 9.03 Å². The van der Waals surface area contributed by atoms with Crippen molar-refractivity contribution in [1.29, 1.82) is 0 Å². The number of rotatable bonds is 5. The minimum absolute atomic E-state index is 0.0759. The van der Waals surface area contributed by atoms with Crippen LogP contribution in [0.3, 0.4) is 0 Å². The number of morpholine rings is 1. The van der Waals surface area contributed by atoms with Gasteiger partial charge in [-0.1, -0.05) is 0 Å². The van der Waals surface area contributed by atoms with Crippen LogP contribution in [0, 0.1) is 0 Å². The molecule has 1 N–H and O–H groups in total. The van der Waals surface area contributed by atoms with E-state index in [1.165, 1.54) is 4.31 Å². The second-order valence-electron chi connectivity index (χ2n) is 4.55. The molecule has 17 heavy (non-hydrogen) atoms. The highest BCUT2D eigenvalue weighted by molar-refractivity contribution is 7.87. The second kappa shape index (κ2) is 6.10. The Morgan fingerprint density at radius 2 is 1.94 bits per heavy atom. The Kier molecular flexibility index (Phi) is 5.33. The molecule has 1 fully saturated rings. The molecule has 0 radical (unpaired) electrons. The first-order chi connectivity index (χ1) is 7.85. The zero-order chi connectivity index (χ0) is 13.1. The first-order valence-corrected chi connectivity index (χ1v) is 7.21. The van der Waals surface area contributed by atoms with E-state index in [1.807, 2.05) is 13.8 Å². The molecule has 3 atom stereocenters. The van der Waals surface area contributed by atoms with Crippen molar-refractivity contribution in [2.75, 3.05) is 26.8 Å². The van der Waals surface area contributed by atoms with Crippen molar-refractivity contribution in [3.8, 4) is 0 Å². The fraction of sp³-hybridized carbons (Fsp3) is 1.00. The molecule has 7 heteroatoms. The van der Waals surface area contributed by atoms with Crippen molar-refractivity contribution in [2.24, 2.45) is 0 Å². The third kappa shape index (κ3) is 4.51. The lowest BCUT2D eigenvalue weighted by Crippen LogP contribution is -2.53. The molecule has 3 unspecified atom stereocenters. The summed E-state index contributed by atoms with van der Waals surface area (Å²) in [4.78, 5) is 0. The summed E-state index contributed by atoms with van der Waals surface area (Å²) in [5, 5.41) is 0. The summed E-state index contributed by atoms with van der Waals surface area (Å²) >= 11 is 0. The van der Waals surface area contributed by atoms with Crippen LogP contribution in [0.15, 0.2) is 0 Å². The summed E-state index contributed by atoms with van der Waals surface area (Å²) < 4.78 is 38.6. The number of nitrogens with zero attached hydrogens (tertiary/aromatic N) is 1. The van der Waals surface area contributed by atoms with Crippen LogP contribution in [0.5, 0.6) is 0 Å². The van der Waals surface area contributed by atoms with Gasteiger partial charge in [-0.15, -0.1) is 0 Å². The first kappa shape index (κ1) is 14.8. The molecule has 1 aliphatic rings. The van der Waals surface area contributed by atoms with E-state index in [1.54, 1.807) is 14.0 Å². The van der Waals surface area contributed by atoms with Gasteiger partial charge in [-0.05, 0) is 20.8 Å². The van der Waals surface area contributed by atoms with Crippen LogP contribution in [-0.4, -0.2) is 57.8 Å². The summed E-state index contributed by atoms with van der Waals surface area (Å²) in [6.07, 6.45) is -0.152. The maximum atomic E-state index is 12.1. The van der Waals surface area contributed by atoms with Gasteiger partial charge in [-0.3, -0.25) is 0 Å². The first-order valence-electron chi connectivity index (χ1n) is 5.77. The summed E-state index contributed by atoms with van der Waals surface area (Å²) in [5.41, 5.74) is 0. The van der Waals surface area contributed by atoms with Gasteiger partial charge in [0, 0.05) is 26.2 Å². The van der Waals surface area contributed by atoms with E-state index in [2.05, 4.69) is 4.72 Å². The number of methoxy groups -OCH3 is 1. The van der Waals surface area contributed by atoms with E-state index in [9.17, 15) is 8.42 Å². The van der Waals surface area contributed by atoms with Crippen LogP contribution < -0.4 is 4.72 Å². The number of hydrogen-bond acceptors (Lipinski definition) is 4. The molecule has 1 aliphatic heterocycles. The monoisotopic (exact) mass is 266 g/mol. The molecular formula is C10H22N2O4S. The van der Waals surface area contributed by atoms with Crippen LogP contribution in [0.2, 0.25) is 0 Å². The minimum Gasteiger partial charge on any atom is -0.383 e. The highest BCUT2D eigenvalue weighted by Gasteiger charge is 2.31. The van der Waals surface area contributed by atoms with Crippen LogP contribution in [0.25, 0.3) is 0 Å². The van der Waals surface area contributed by atoms with Crippen molar-refractivity contribution < 1.29 is 17.9 Å². The highest BCUT2D eigenvalue weighted by Crippen LogP contribution is 2.13. The highest BCUT2D eigenvalue weighted by atomic mass is 32.2. The Morgan fingerprint density at radius 1 is 1.41 bits per heavy atom. The predicted molar refractivity (Wildman–Crippen MR) is 65.0 cm³/mol. The fourth-order valence-electron chi connectivity index (χ4n) is 1.94. The van der Waals surface area contributed by atoms with Gasteiger partial charge < -0.3 is 9.47 Å². The smallest absolute Gasteiger partial charge is 0.279 e. The van der Waals surface area contributed by atoms with E-state index < -0.39 is 10.2 Å². The van der Waals surface area contributed by atoms with Gasteiger partial charge >= 0.3 is 0 Å². The van der Waals surface area contributed by atoms with E-state index in [0.29, 0.717) is 19.7 Å². The van der Waals surface area contributed by atoms with Crippen molar-refractivity contribution in [3.05, 3.63) is 0 Å². The molecule has 0 saturated carbocycles. The molecule has 6 nitrogen and oxygen atoms in total. The third-order valence-electron chi connectivity index (χ3n) is 2.49. The van der Waals surface area contributed by atoms with Gasteiger partial charge in [0.1, 0.15) is 0 Å². The van der Waals surface area contributed by atoms with E-state index in [4.69, 9.17) is 9.47 Å². The summed E-state index contributed by atoms with van der Waals surface area (Å²) in [6.45, 7) is 6.65. The maximum Gasteiger partial charge on any atom is 0.279 e. The topological polar surface area (TPSA) is 67.9 Å². The molecular weight excluding hydrogens is 244 g/mol. The van der Waals surface area contributed by atoms with Crippen LogP contribution in [0.4, 0.5) is 0 Å². The van der Waals surface area contributed by atoms with E-state index in [0.717, 1.165) is 0 Å². The summed E-state index contributed by atoms with van der Waals surface area (Å²) in [7, 11) is -1.90. The Bertz CT molecular complexity index is 323. The molecule has 1 rings (SSSR count). The van der Waals surface area contributed by atoms with Crippen molar-refractivity contribution in [2.45, 2.75) is 39.0 Å². The molecule has 0 aromatic carbocycles. The van der Waals surface area contributed by atoms with Crippen molar-refractivity contribution in [3.63, 3.8) is 0 Å². The van der Waals surface area contributed by atoms with Crippen LogP contribution in [0.1, 0.15) is 20.8 Å². The lowest BCUT2D eigenvalue weighted by Gasteiger charge is -2.34. The molecule has 0 amide bonds. The van der Waals surface area contributed by atoms with Gasteiger partial charge in [-0.2, -0.15) is 17.4 Å². The second-order valence-corrected chi connectivity index (χ2v) is 6.26. The normalized spacial score (nSPS) is 29.2. The quantitative estimate of drug-likeness (QED) is 0.758. The Labute approximate surface area is 103 Å². The molecule has 1 saturated heterocycles. The zero-order valence-electron chi connectivity index (χ0n) is 10.8. The number of nitrogens with one attached hydrogen (secondary N) is 1. The SMILES string of the molecule is COCC(C)NS(=O)(=O)N1CC(C)OC(C)C1. The molecule has 1 heterocycles. The lowest BCUT2D eigenvalue weighted by molar-refractivity contribution is -0.0445. The van der Waals surface area contributed by atoms with E-state index in [-0.39, 0.29) is 18.2 Å². The average molecular weight is 266 g/mol. The minimum atomic E-state index is -3.45. The Hall–Kier alpha value is -0.210. The maximum absolute atomic E-state index is 12.1. The molecule has 0 bridgehead atoms. The van der Waals surface area contributed by atoms with Crippen LogP contribution >= 0.6 is 0 Å². The summed E-state index contributed by atoms with van der Waals surface area (Å²) in [6, 6.07) is -0.238. The fourth-order valence-corrected chi connectivity index (χ4v) is 3.48. The van der Waals surface area contributed by atoms with Gasteiger partial charge in [0.2, 0.25) is 0 Å². The van der Waals surface area contributed by atoms with Gasteiger partial charge in [0.15, 0.2) is 0 Å². The zero-order valence-corrected chi connectivity index (χ0v) is 11.7. The molecule has 0 aromatic rings. The Balaban J connectivity index is 2.63. The largest absolute Gasteiger partial charge is 0.383 e. The van der Waals surface area contributed by atoms with E-state index >= 15 is 0 Å². The molecule has 0 spiro atoms. The lowest BCUT2D eigenvalue weighted by atomic mass is 10.3. The van der Waals surface area contributed by atoms with Gasteiger partial charge in [-0.25, -0.2) is 0 Å². The number of hydrogen-bond donors (Lipinski definition) is 1. The molecule has 0 aromatic heterocycles. The standard InChI is InChI=1S/C10H22N2O4S/c1-8(7-15-4)11-17(13,14)12-5-9(2)16-10(3)6-12/h8-11H,5-7H2,1-4H3. The number of ether oxygens (including phenoxy) is 2. The Morgan fingerprint density at radius 3 is 2.41 bits per heavy atom. The molecule has 102 valence electrons. The summed E-state index contributed by atoms with van der Waals surface area (Å²) in [5.74, 6) is 0. The van der Waals surface area contributed by atoms with Gasteiger partial charge in [0.05, 0.1) is 18.8 Å². The van der Waals surface area contributed by atoms with Gasteiger partial charge in [0.25, 0.3) is 10.2 Å². The van der Waals surface area contributed by atoms with Crippen LogP contribution in [-0.2, 0) is 19.7 Å².